The Balaban J connectivity index is 1.92. The molecule has 0 fully saturated rings. The fourth-order valence-corrected chi connectivity index (χ4v) is 2.85. The maximum atomic E-state index is 9.50. The van der Waals surface area contributed by atoms with Crippen LogP contribution in [-0.4, -0.2) is 14.7 Å². The first-order chi connectivity index (χ1) is 8.74. The summed E-state index contributed by atoms with van der Waals surface area (Å²) in [5.41, 5.74) is 2.46. The van der Waals surface area contributed by atoms with E-state index in [2.05, 4.69) is 16.5 Å². The maximum absolute atomic E-state index is 9.50. The van der Waals surface area contributed by atoms with Crippen molar-refractivity contribution in [1.82, 2.24) is 9.55 Å². The van der Waals surface area contributed by atoms with Crippen LogP contribution < -0.4 is 0 Å². The van der Waals surface area contributed by atoms with Crippen LogP contribution in [-0.2, 0) is 12.8 Å². The van der Waals surface area contributed by atoms with Gasteiger partial charge >= 0.3 is 0 Å². The van der Waals surface area contributed by atoms with Crippen molar-refractivity contribution >= 4 is 0 Å². The van der Waals surface area contributed by atoms with Crippen molar-refractivity contribution in [3.8, 4) is 5.75 Å². The maximum Gasteiger partial charge on any atom is 0.115 e. The minimum Gasteiger partial charge on any atom is -0.508 e. The van der Waals surface area contributed by atoms with Gasteiger partial charge in [0.1, 0.15) is 11.6 Å². The van der Waals surface area contributed by atoms with Crippen LogP contribution in [0.5, 0.6) is 5.75 Å². The lowest BCUT2D eigenvalue weighted by atomic mass is 10.0. The highest BCUT2D eigenvalue weighted by Gasteiger charge is 2.19. The molecule has 1 N–H and O–H groups in total. The molecule has 0 saturated carbocycles. The molecule has 94 valence electrons. The van der Waals surface area contributed by atoms with Crippen LogP contribution in [0.2, 0.25) is 0 Å². The first kappa shape index (κ1) is 11.3. The smallest absolute Gasteiger partial charge is 0.115 e. The Morgan fingerprint density at radius 2 is 2.33 bits per heavy atom. The average Bonchev–Trinajstić information content (AvgIpc) is 2.74. The number of benzene rings is 1. The van der Waals surface area contributed by atoms with Crippen LogP contribution in [0.15, 0.2) is 30.5 Å². The Hall–Kier alpha value is -1.77. The van der Waals surface area contributed by atoms with Gasteiger partial charge in [-0.25, -0.2) is 4.98 Å². The Kier molecular flexibility index (Phi) is 2.82. The molecular weight excluding hydrogens is 224 g/mol. The first-order valence-electron chi connectivity index (χ1n) is 6.57. The fourth-order valence-electron chi connectivity index (χ4n) is 2.85. The van der Waals surface area contributed by atoms with Gasteiger partial charge in [0.2, 0.25) is 0 Å². The summed E-state index contributed by atoms with van der Waals surface area (Å²) in [7, 11) is 0. The largest absolute Gasteiger partial charge is 0.508 e. The Labute approximate surface area is 107 Å². The highest BCUT2D eigenvalue weighted by Crippen LogP contribution is 2.27. The Bertz CT molecular complexity index is 559. The lowest BCUT2D eigenvalue weighted by molar-refractivity contribution is 0.420. The van der Waals surface area contributed by atoms with Gasteiger partial charge in [-0.05, 0) is 43.9 Å². The summed E-state index contributed by atoms with van der Waals surface area (Å²) in [6.07, 6.45) is 6.43. The van der Waals surface area contributed by atoms with E-state index in [9.17, 15) is 5.11 Å². The summed E-state index contributed by atoms with van der Waals surface area (Å²) in [6, 6.07) is 7.98. The van der Waals surface area contributed by atoms with Gasteiger partial charge in [0.25, 0.3) is 0 Å². The summed E-state index contributed by atoms with van der Waals surface area (Å²) in [5.74, 6) is 1.44. The standard InChI is InChI=1S/C15H18N2O/c1-11-4-2-6-13-10-16-15(17(11)13)9-12-5-3-7-14(18)8-12/h3,5,7-8,10-11,18H,2,4,6,9H2,1H3. The molecule has 2 aromatic rings. The van der Waals surface area contributed by atoms with E-state index in [1.807, 2.05) is 24.4 Å². The van der Waals surface area contributed by atoms with Gasteiger partial charge in [0, 0.05) is 24.4 Å². The zero-order valence-corrected chi connectivity index (χ0v) is 10.6. The van der Waals surface area contributed by atoms with Crippen molar-refractivity contribution in [3.05, 3.63) is 47.5 Å². The highest BCUT2D eigenvalue weighted by atomic mass is 16.3. The lowest BCUT2D eigenvalue weighted by Crippen LogP contribution is -2.17. The second kappa shape index (κ2) is 4.48. The lowest BCUT2D eigenvalue weighted by Gasteiger charge is -2.24. The van der Waals surface area contributed by atoms with E-state index < -0.39 is 0 Å². The number of aryl methyl sites for hydroxylation is 1. The molecule has 3 rings (SSSR count). The first-order valence-corrected chi connectivity index (χ1v) is 6.57. The van der Waals surface area contributed by atoms with Crippen molar-refractivity contribution in [2.75, 3.05) is 0 Å². The summed E-state index contributed by atoms with van der Waals surface area (Å²) in [4.78, 5) is 4.55. The number of phenols is 1. The van der Waals surface area contributed by atoms with E-state index in [4.69, 9.17) is 0 Å². The quantitative estimate of drug-likeness (QED) is 0.878. The van der Waals surface area contributed by atoms with Crippen molar-refractivity contribution in [2.45, 2.75) is 38.6 Å². The molecule has 3 heteroatoms. The molecule has 1 aromatic carbocycles. The molecule has 1 aromatic heterocycles. The van der Waals surface area contributed by atoms with Gasteiger partial charge in [-0.15, -0.1) is 0 Å². The molecule has 1 atom stereocenters. The molecular formula is C15H18N2O. The summed E-state index contributed by atoms with van der Waals surface area (Å²) in [6.45, 7) is 2.26. The highest BCUT2D eigenvalue weighted by molar-refractivity contribution is 5.29. The van der Waals surface area contributed by atoms with Crippen molar-refractivity contribution in [3.63, 3.8) is 0 Å². The van der Waals surface area contributed by atoms with Crippen molar-refractivity contribution in [1.29, 1.82) is 0 Å². The van der Waals surface area contributed by atoms with Crippen LogP contribution in [0.1, 0.15) is 42.9 Å². The number of nitrogens with zero attached hydrogens (tertiary/aromatic N) is 2. The molecule has 0 aliphatic carbocycles. The third-order valence-electron chi connectivity index (χ3n) is 3.72. The van der Waals surface area contributed by atoms with Crippen LogP contribution in [0.25, 0.3) is 0 Å². The fraction of sp³-hybridized carbons (Fsp3) is 0.400. The second-order valence-corrected chi connectivity index (χ2v) is 5.12. The predicted molar refractivity (Wildman–Crippen MR) is 70.8 cm³/mol. The topological polar surface area (TPSA) is 38.1 Å². The number of imidazole rings is 1. The van der Waals surface area contributed by atoms with E-state index in [0.717, 1.165) is 24.2 Å². The number of rotatable bonds is 2. The van der Waals surface area contributed by atoms with E-state index in [-0.39, 0.29) is 0 Å². The normalized spacial score (nSPS) is 18.6. The molecule has 18 heavy (non-hydrogen) atoms. The number of fused-ring (bicyclic) bond motifs is 1. The van der Waals surface area contributed by atoms with Gasteiger partial charge in [-0.3, -0.25) is 0 Å². The van der Waals surface area contributed by atoms with Gasteiger partial charge in [-0.2, -0.15) is 0 Å². The molecule has 0 bridgehead atoms. The van der Waals surface area contributed by atoms with Crippen LogP contribution in [0.3, 0.4) is 0 Å². The second-order valence-electron chi connectivity index (χ2n) is 5.12. The number of aromatic nitrogens is 2. The summed E-state index contributed by atoms with van der Waals surface area (Å²) in [5, 5.41) is 9.50. The third-order valence-corrected chi connectivity index (χ3v) is 3.72. The number of hydrogen-bond acceptors (Lipinski definition) is 2. The SMILES string of the molecule is CC1CCCc2cnc(Cc3cccc(O)c3)n21. The minimum absolute atomic E-state index is 0.325. The molecule has 0 spiro atoms. The van der Waals surface area contributed by atoms with Gasteiger partial charge in [0.05, 0.1) is 0 Å². The molecule has 1 aliphatic heterocycles. The van der Waals surface area contributed by atoms with Crippen LogP contribution >= 0.6 is 0 Å². The zero-order valence-electron chi connectivity index (χ0n) is 10.6. The Morgan fingerprint density at radius 3 is 3.17 bits per heavy atom. The van der Waals surface area contributed by atoms with Gasteiger partial charge < -0.3 is 9.67 Å². The van der Waals surface area contributed by atoms with E-state index in [1.54, 1.807) is 6.07 Å². The van der Waals surface area contributed by atoms with Crippen molar-refractivity contribution < 1.29 is 5.11 Å². The van der Waals surface area contributed by atoms with E-state index in [1.165, 1.54) is 18.5 Å². The average molecular weight is 242 g/mol. The molecule has 2 heterocycles. The molecule has 3 nitrogen and oxygen atoms in total. The zero-order chi connectivity index (χ0) is 12.5. The van der Waals surface area contributed by atoms with Gasteiger partial charge in [-0.1, -0.05) is 12.1 Å². The van der Waals surface area contributed by atoms with Crippen molar-refractivity contribution in [2.24, 2.45) is 0 Å². The predicted octanol–water partition coefficient (Wildman–Crippen LogP) is 3.08. The van der Waals surface area contributed by atoms with E-state index >= 15 is 0 Å². The molecule has 0 saturated heterocycles. The van der Waals surface area contributed by atoms with Crippen LogP contribution in [0.4, 0.5) is 0 Å². The molecule has 0 amide bonds. The molecule has 1 unspecified atom stereocenters. The Morgan fingerprint density at radius 1 is 1.44 bits per heavy atom. The molecule has 1 aliphatic rings. The number of phenolic OH excluding ortho intramolecular Hbond substituents is 1. The van der Waals surface area contributed by atoms with Crippen LogP contribution in [0, 0.1) is 0 Å². The third kappa shape index (κ3) is 2.01. The summed E-state index contributed by atoms with van der Waals surface area (Å²) < 4.78 is 2.37. The summed E-state index contributed by atoms with van der Waals surface area (Å²) >= 11 is 0. The van der Waals surface area contributed by atoms with E-state index in [0.29, 0.717) is 11.8 Å². The number of aromatic hydroxyl groups is 1. The van der Waals surface area contributed by atoms with Gasteiger partial charge in [0.15, 0.2) is 0 Å². The monoisotopic (exact) mass is 242 g/mol. The molecule has 0 radical (unpaired) electrons. The number of hydrogen-bond donors (Lipinski definition) is 1. The minimum atomic E-state index is 0.325.